The van der Waals surface area contributed by atoms with Crippen LogP contribution in [-0.4, -0.2) is 40.3 Å². The first-order valence-electron chi connectivity index (χ1n) is 7.45. The van der Waals surface area contributed by atoms with E-state index in [4.69, 9.17) is 16.3 Å². The third-order valence-corrected chi connectivity index (χ3v) is 3.96. The van der Waals surface area contributed by atoms with E-state index in [0.717, 1.165) is 31.6 Å². The van der Waals surface area contributed by atoms with Gasteiger partial charge in [0.15, 0.2) is 6.61 Å². The van der Waals surface area contributed by atoms with Crippen molar-refractivity contribution in [1.82, 2.24) is 14.7 Å². The van der Waals surface area contributed by atoms with Crippen molar-refractivity contribution in [3.8, 4) is 11.6 Å². The number of piperidine rings is 1. The lowest BCUT2D eigenvalue weighted by Gasteiger charge is -2.26. The van der Waals surface area contributed by atoms with E-state index in [0.29, 0.717) is 5.02 Å². The molecule has 0 atom stereocenters. The average molecular weight is 320 g/mol. The lowest BCUT2D eigenvalue weighted by atomic mass is 10.1. The first kappa shape index (κ1) is 14.9. The molecule has 6 heteroatoms. The molecule has 116 valence electrons. The van der Waals surface area contributed by atoms with Gasteiger partial charge in [-0.2, -0.15) is 0 Å². The molecule has 2 heterocycles. The van der Waals surface area contributed by atoms with Gasteiger partial charge in [-0.3, -0.25) is 4.79 Å². The van der Waals surface area contributed by atoms with E-state index in [1.807, 2.05) is 35.2 Å². The fourth-order valence-electron chi connectivity index (χ4n) is 2.51. The van der Waals surface area contributed by atoms with Crippen molar-refractivity contribution >= 4 is 17.5 Å². The van der Waals surface area contributed by atoms with Gasteiger partial charge in [0.1, 0.15) is 5.02 Å². The molecule has 1 aromatic heterocycles. The van der Waals surface area contributed by atoms with Crippen LogP contribution in [0.15, 0.2) is 36.5 Å². The van der Waals surface area contributed by atoms with Gasteiger partial charge in [-0.15, -0.1) is 5.10 Å². The number of ether oxygens (including phenoxy) is 1. The zero-order valence-electron chi connectivity index (χ0n) is 12.2. The highest BCUT2D eigenvalue weighted by atomic mass is 35.5. The van der Waals surface area contributed by atoms with Crippen LogP contribution in [0.25, 0.3) is 5.69 Å². The Labute approximate surface area is 134 Å². The van der Waals surface area contributed by atoms with Crippen LogP contribution in [0.5, 0.6) is 5.88 Å². The van der Waals surface area contributed by atoms with E-state index in [9.17, 15) is 4.79 Å². The molecule has 1 aliphatic heterocycles. The Kier molecular flexibility index (Phi) is 4.63. The predicted octanol–water partition coefficient (Wildman–Crippen LogP) is 2.92. The second kappa shape index (κ2) is 6.83. The topological polar surface area (TPSA) is 47.4 Å². The minimum absolute atomic E-state index is 0.00923. The molecule has 22 heavy (non-hydrogen) atoms. The first-order chi connectivity index (χ1) is 10.7. The summed E-state index contributed by atoms with van der Waals surface area (Å²) >= 11 is 6.13. The summed E-state index contributed by atoms with van der Waals surface area (Å²) in [5.74, 6) is 0.279. The summed E-state index contributed by atoms with van der Waals surface area (Å²) < 4.78 is 7.14. The van der Waals surface area contributed by atoms with Crippen molar-refractivity contribution in [1.29, 1.82) is 0 Å². The molecule has 0 saturated carbocycles. The normalized spacial score (nSPS) is 14.9. The van der Waals surface area contributed by atoms with E-state index >= 15 is 0 Å². The number of carbonyl (C=O) groups excluding carboxylic acids is 1. The Morgan fingerprint density at radius 3 is 2.64 bits per heavy atom. The van der Waals surface area contributed by atoms with Gasteiger partial charge in [-0.1, -0.05) is 29.8 Å². The maximum Gasteiger partial charge on any atom is 0.260 e. The minimum atomic E-state index is -0.0223. The molecule has 1 saturated heterocycles. The Balaban J connectivity index is 1.63. The summed E-state index contributed by atoms with van der Waals surface area (Å²) in [5.41, 5.74) is 0.890. The first-order valence-corrected chi connectivity index (χ1v) is 7.83. The molecule has 2 aromatic rings. The number of hydrogen-bond donors (Lipinski definition) is 0. The molecule has 1 amide bonds. The average Bonchev–Trinajstić information content (AvgIpc) is 2.95. The zero-order chi connectivity index (χ0) is 15.4. The van der Waals surface area contributed by atoms with Gasteiger partial charge >= 0.3 is 0 Å². The smallest absolute Gasteiger partial charge is 0.260 e. The highest BCUT2D eigenvalue weighted by Gasteiger charge is 2.18. The number of hydrogen-bond acceptors (Lipinski definition) is 3. The van der Waals surface area contributed by atoms with Crippen molar-refractivity contribution in [2.24, 2.45) is 0 Å². The number of halogens is 1. The minimum Gasteiger partial charge on any atom is -0.465 e. The van der Waals surface area contributed by atoms with E-state index < -0.39 is 0 Å². The fraction of sp³-hybridized carbons (Fsp3) is 0.375. The lowest BCUT2D eigenvalue weighted by Crippen LogP contribution is -2.38. The molecule has 5 nitrogen and oxygen atoms in total. The van der Waals surface area contributed by atoms with Gasteiger partial charge in [-0.25, -0.2) is 4.68 Å². The standard InChI is InChI=1S/C16H18ClN3O2/c17-14-11-20(13-7-3-1-4-8-13)18-16(14)22-12-15(21)19-9-5-2-6-10-19/h1,3-4,7-8,11H,2,5-6,9-10,12H2. The van der Waals surface area contributed by atoms with Crippen LogP contribution >= 0.6 is 11.6 Å². The molecule has 0 aliphatic carbocycles. The van der Waals surface area contributed by atoms with Gasteiger partial charge in [0, 0.05) is 13.1 Å². The second-order valence-electron chi connectivity index (χ2n) is 5.29. The number of nitrogens with zero attached hydrogens (tertiary/aromatic N) is 3. The fourth-order valence-corrected chi connectivity index (χ4v) is 2.70. The van der Waals surface area contributed by atoms with E-state index in [1.165, 1.54) is 6.42 Å². The molecule has 0 radical (unpaired) electrons. The molecule has 1 fully saturated rings. The van der Waals surface area contributed by atoms with E-state index in [2.05, 4.69) is 5.10 Å². The highest BCUT2D eigenvalue weighted by Crippen LogP contribution is 2.24. The van der Waals surface area contributed by atoms with Gasteiger partial charge in [0.05, 0.1) is 11.9 Å². The third kappa shape index (κ3) is 3.42. The number of rotatable bonds is 4. The molecule has 1 aliphatic rings. The van der Waals surface area contributed by atoms with Gasteiger partial charge in [0.2, 0.25) is 0 Å². The largest absolute Gasteiger partial charge is 0.465 e. The van der Waals surface area contributed by atoms with Crippen molar-refractivity contribution in [2.75, 3.05) is 19.7 Å². The summed E-state index contributed by atoms with van der Waals surface area (Å²) in [6, 6.07) is 9.62. The van der Waals surface area contributed by atoms with Crippen LogP contribution < -0.4 is 4.74 Å². The van der Waals surface area contributed by atoms with Gasteiger partial charge in [-0.05, 0) is 31.4 Å². The highest BCUT2D eigenvalue weighted by molar-refractivity contribution is 6.31. The summed E-state index contributed by atoms with van der Waals surface area (Å²) in [5, 5.41) is 4.69. The van der Waals surface area contributed by atoms with Crippen molar-refractivity contribution in [3.63, 3.8) is 0 Å². The second-order valence-corrected chi connectivity index (χ2v) is 5.70. The number of amides is 1. The summed E-state index contributed by atoms with van der Waals surface area (Å²) in [4.78, 5) is 13.9. The maximum atomic E-state index is 12.1. The van der Waals surface area contributed by atoms with Gasteiger partial charge in [0.25, 0.3) is 11.8 Å². The molecule has 1 aromatic carbocycles. The van der Waals surface area contributed by atoms with E-state index in [1.54, 1.807) is 10.9 Å². The zero-order valence-corrected chi connectivity index (χ0v) is 13.0. The van der Waals surface area contributed by atoms with Crippen LogP contribution in [0, 0.1) is 0 Å². The van der Waals surface area contributed by atoms with Crippen LogP contribution in [0.4, 0.5) is 0 Å². The monoisotopic (exact) mass is 319 g/mol. The summed E-state index contributed by atoms with van der Waals surface area (Å²) in [6.07, 6.45) is 5.00. The maximum absolute atomic E-state index is 12.1. The van der Waals surface area contributed by atoms with Crippen LogP contribution in [0.2, 0.25) is 5.02 Å². The number of benzene rings is 1. The summed E-state index contributed by atoms with van der Waals surface area (Å²) in [7, 11) is 0. The molecule has 0 spiro atoms. The van der Waals surface area contributed by atoms with Crippen molar-refractivity contribution in [2.45, 2.75) is 19.3 Å². The van der Waals surface area contributed by atoms with E-state index in [-0.39, 0.29) is 18.4 Å². The Morgan fingerprint density at radius 1 is 1.18 bits per heavy atom. The molecule has 0 N–H and O–H groups in total. The quantitative estimate of drug-likeness (QED) is 0.870. The van der Waals surface area contributed by atoms with Gasteiger partial charge < -0.3 is 9.64 Å². The molecule has 0 bridgehead atoms. The van der Waals surface area contributed by atoms with Crippen LogP contribution in [0.3, 0.4) is 0 Å². The molecular weight excluding hydrogens is 302 g/mol. The molecule has 3 rings (SSSR count). The number of aromatic nitrogens is 2. The Hall–Kier alpha value is -2.01. The lowest BCUT2D eigenvalue weighted by molar-refractivity contribution is -0.134. The summed E-state index contributed by atoms with van der Waals surface area (Å²) in [6.45, 7) is 1.61. The number of carbonyl (C=O) groups is 1. The van der Waals surface area contributed by atoms with Crippen LogP contribution in [-0.2, 0) is 4.79 Å². The molecule has 0 unspecified atom stereocenters. The molecular formula is C16H18ClN3O2. The van der Waals surface area contributed by atoms with Crippen LogP contribution in [0.1, 0.15) is 19.3 Å². The van der Waals surface area contributed by atoms with Crippen molar-refractivity contribution < 1.29 is 9.53 Å². The number of likely N-dealkylation sites (tertiary alicyclic amines) is 1. The third-order valence-electron chi connectivity index (χ3n) is 3.70. The SMILES string of the molecule is O=C(COc1nn(-c2ccccc2)cc1Cl)N1CCCCC1. The predicted molar refractivity (Wildman–Crippen MR) is 84.5 cm³/mol. The Morgan fingerprint density at radius 2 is 1.91 bits per heavy atom. The van der Waals surface area contributed by atoms with Crippen molar-refractivity contribution in [3.05, 3.63) is 41.6 Å². The number of para-hydroxylation sites is 1. The Bertz CT molecular complexity index is 636.